The molecule has 0 unspecified atom stereocenters. The molecule has 1 aromatic carbocycles. The van der Waals surface area contributed by atoms with Crippen LogP contribution in [0.2, 0.25) is 0 Å². The second kappa shape index (κ2) is 8.53. The Balaban J connectivity index is 1.76. The standard InChI is InChI=1S/C17H18N2O4/c20-16(19-11-17(21)22)8-5-13-3-6-15(7-4-13)23-12-14-2-1-9-18-10-14/h1-4,6-7,9-10H,5,8,11-12H2,(H,19,20)(H,21,22). The Morgan fingerprint density at radius 3 is 2.57 bits per heavy atom. The normalized spacial score (nSPS) is 10.1. The van der Waals surface area contributed by atoms with Gasteiger partial charge in [-0.3, -0.25) is 14.6 Å². The van der Waals surface area contributed by atoms with Crippen LogP contribution in [-0.2, 0) is 22.6 Å². The number of carbonyl (C=O) groups excluding carboxylic acids is 1. The number of aliphatic carboxylic acids is 1. The SMILES string of the molecule is O=C(O)CNC(=O)CCc1ccc(OCc2cccnc2)cc1. The molecular weight excluding hydrogens is 296 g/mol. The first-order chi connectivity index (χ1) is 11.1. The average Bonchev–Trinajstić information content (AvgIpc) is 2.58. The first-order valence-electron chi connectivity index (χ1n) is 7.22. The number of carbonyl (C=O) groups is 2. The predicted octanol–water partition coefficient (Wildman–Crippen LogP) is 1.79. The minimum Gasteiger partial charge on any atom is -0.489 e. The van der Waals surface area contributed by atoms with Gasteiger partial charge in [-0.05, 0) is 30.2 Å². The van der Waals surface area contributed by atoms with E-state index < -0.39 is 5.97 Å². The van der Waals surface area contributed by atoms with Gasteiger partial charge < -0.3 is 15.2 Å². The highest BCUT2D eigenvalue weighted by Gasteiger charge is 2.04. The number of hydrogen-bond acceptors (Lipinski definition) is 4. The van der Waals surface area contributed by atoms with Crippen LogP contribution in [0.4, 0.5) is 0 Å². The number of carboxylic acids is 1. The number of nitrogens with one attached hydrogen (secondary N) is 1. The zero-order valence-corrected chi connectivity index (χ0v) is 12.6. The molecule has 0 aliphatic carbocycles. The van der Waals surface area contributed by atoms with Crippen LogP contribution in [0, 0.1) is 0 Å². The molecule has 6 nitrogen and oxygen atoms in total. The first kappa shape index (κ1) is 16.5. The molecule has 1 heterocycles. The van der Waals surface area contributed by atoms with Crippen molar-refractivity contribution in [1.82, 2.24) is 10.3 Å². The fourth-order valence-corrected chi connectivity index (χ4v) is 1.92. The van der Waals surface area contributed by atoms with E-state index in [0.717, 1.165) is 16.9 Å². The van der Waals surface area contributed by atoms with Gasteiger partial charge in [0.2, 0.25) is 5.91 Å². The van der Waals surface area contributed by atoms with E-state index in [1.54, 1.807) is 12.4 Å². The highest BCUT2D eigenvalue weighted by Crippen LogP contribution is 2.15. The second-order valence-corrected chi connectivity index (χ2v) is 4.96. The number of carboxylic acid groups (broad SMARTS) is 1. The Morgan fingerprint density at radius 2 is 1.91 bits per heavy atom. The number of aryl methyl sites for hydroxylation is 1. The molecule has 6 heteroatoms. The maximum absolute atomic E-state index is 11.4. The maximum atomic E-state index is 11.4. The number of hydrogen-bond donors (Lipinski definition) is 2. The van der Waals surface area contributed by atoms with E-state index in [0.29, 0.717) is 13.0 Å². The fraction of sp³-hybridized carbons (Fsp3) is 0.235. The summed E-state index contributed by atoms with van der Waals surface area (Å²) in [6.45, 7) is 0.102. The molecule has 2 aromatic rings. The molecular formula is C17H18N2O4. The first-order valence-corrected chi connectivity index (χ1v) is 7.22. The van der Waals surface area contributed by atoms with Crippen LogP contribution in [0.15, 0.2) is 48.8 Å². The highest BCUT2D eigenvalue weighted by molar-refractivity contribution is 5.81. The van der Waals surface area contributed by atoms with E-state index in [9.17, 15) is 9.59 Å². The molecule has 0 aliphatic rings. The lowest BCUT2D eigenvalue weighted by atomic mass is 10.1. The monoisotopic (exact) mass is 314 g/mol. The van der Waals surface area contributed by atoms with E-state index in [4.69, 9.17) is 9.84 Å². The van der Waals surface area contributed by atoms with Crippen molar-refractivity contribution >= 4 is 11.9 Å². The summed E-state index contributed by atoms with van der Waals surface area (Å²) >= 11 is 0. The van der Waals surface area contributed by atoms with Gasteiger partial charge in [-0.25, -0.2) is 0 Å². The van der Waals surface area contributed by atoms with Crippen LogP contribution < -0.4 is 10.1 Å². The summed E-state index contributed by atoms with van der Waals surface area (Å²) in [7, 11) is 0. The molecule has 1 aromatic heterocycles. The van der Waals surface area contributed by atoms with Gasteiger partial charge in [0.15, 0.2) is 0 Å². The Morgan fingerprint density at radius 1 is 1.13 bits per heavy atom. The predicted molar refractivity (Wildman–Crippen MR) is 84.0 cm³/mol. The molecule has 0 fully saturated rings. The van der Waals surface area contributed by atoms with Crippen LogP contribution in [-0.4, -0.2) is 28.5 Å². The molecule has 0 saturated heterocycles. The fourth-order valence-electron chi connectivity index (χ4n) is 1.92. The molecule has 0 atom stereocenters. The Labute approximate surface area is 134 Å². The third-order valence-corrected chi connectivity index (χ3v) is 3.13. The van der Waals surface area contributed by atoms with E-state index in [-0.39, 0.29) is 18.9 Å². The Hall–Kier alpha value is -2.89. The summed E-state index contributed by atoms with van der Waals surface area (Å²) in [6, 6.07) is 11.3. The van der Waals surface area contributed by atoms with Gasteiger partial charge in [-0.1, -0.05) is 18.2 Å². The van der Waals surface area contributed by atoms with Crippen molar-refractivity contribution in [1.29, 1.82) is 0 Å². The minimum atomic E-state index is -1.05. The smallest absolute Gasteiger partial charge is 0.322 e. The number of pyridine rings is 1. The van der Waals surface area contributed by atoms with Crippen LogP contribution in [0.5, 0.6) is 5.75 Å². The van der Waals surface area contributed by atoms with Crippen molar-refractivity contribution in [3.63, 3.8) is 0 Å². The van der Waals surface area contributed by atoms with E-state index in [2.05, 4.69) is 10.3 Å². The van der Waals surface area contributed by atoms with Crippen molar-refractivity contribution in [2.24, 2.45) is 0 Å². The highest BCUT2D eigenvalue weighted by atomic mass is 16.5. The van der Waals surface area contributed by atoms with Crippen molar-refractivity contribution in [2.75, 3.05) is 6.54 Å². The number of rotatable bonds is 8. The largest absolute Gasteiger partial charge is 0.489 e. The van der Waals surface area contributed by atoms with Crippen molar-refractivity contribution < 1.29 is 19.4 Å². The number of ether oxygens (including phenoxy) is 1. The molecule has 0 bridgehead atoms. The maximum Gasteiger partial charge on any atom is 0.322 e. The number of nitrogens with zero attached hydrogens (tertiary/aromatic N) is 1. The average molecular weight is 314 g/mol. The van der Waals surface area contributed by atoms with Crippen molar-refractivity contribution in [2.45, 2.75) is 19.4 Å². The summed E-state index contributed by atoms with van der Waals surface area (Å²) in [5.41, 5.74) is 1.98. The summed E-state index contributed by atoms with van der Waals surface area (Å²) in [6.07, 6.45) is 4.27. The molecule has 23 heavy (non-hydrogen) atoms. The second-order valence-electron chi connectivity index (χ2n) is 4.96. The van der Waals surface area contributed by atoms with Crippen LogP contribution in [0.1, 0.15) is 17.5 Å². The van der Waals surface area contributed by atoms with E-state index >= 15 is 0 Å². The van der Waals surface area contributed by atoms with Gasteiger partial charge in [0.25, 0.3) is 0 Å². The lowest BCUT2D eigenvalue weighted by molar-refractivity contribution is -0.137. The minimum absolute atomic E-state index is 0.253. The Kier molecular flexibility index (Phi) is 6.11. The lowest BCUT2D eigenvalue weighted by Gasteiger charge is -2.07. The van der Waals surface area contributed by atoms with Crippen molar-refractivity contribution in [3.8, 4) is 5.75 Å². The molecule has 120 valence electrons. The lowest BCUT2D eigenvalue weighted by Crippen LogP contribution is -2.29. The molecule has 2 N–H and O–H groups in total. The molecule has 1 amide bonds. The van der Waals surface area contributed by atoms with E-state index in [1.165, 1.54) is 0 Å². The van der Waals surface area contributed by atoms with Gasteiger partial charge in [0.1, 0.15) is 18.9 Å². The quantitative estimate of drug-likeness (QED) is 0.775. The van der Waals surface area contributed by atoms with Crippen LogP contribution >= 0.6 is 0 Å². The molecule has 0 saturated carbocycles. The van der Waals surface area contributed by atoms with Gasteiger partial charge in [-0.2, -0.15) is 0 Å². The third-order valence-electron chi connectivity index (χ3n) is 3.13. The zero-order chi connectivity index (χ0) is 16.5. The van der Waals surface area contributed by atoms with Gasteiger partial charge in [0.05, 0.1) is 0 Å². The molecule has 0 aliphatic heterocycles. The van der Waals surface area contributed by atoms with Crippen LogP contribution in [0.25, 0.3) is 0 Å². The number of aromatic nitrogens is 1. The summed E-state index contributed by atoms with van der Waals surface area (Å²) in [4.78, 5) is 25.8. The summed E-state index contributed by atoms with van der Waals surface area (Å²) < 4.78 is 5.65. The van der Waals surface area contributed by atoms with Gasteiger partial charge >= 0.3 is 5.97 Å². The molecule has 0 radical (unpaired) electrons. The number of benzene rings is 1. The Bertz CT molecular complexity index is 641. The zero-order valence-electron chi connectivity index (χ0n) is 12.6. The van der Waals surface area contributed by atoms with E-state index in [1.807, 2.05) is 36.4 Å². The van der Waals surface area contributed by atoms with Gasteiger partial charge in [-0.15, -0.1) is 0 Å². The van der Waals surface area contributed by atoms with Crippen LogP contribution in [0.3, 0.4) is 0 Å². The summed E-state index contributed by atoms with van der Waals surface area (Å²) in [5, 5.41) is 10.8. The van der Waals surface area contributed by atoms with Gasteiger partial charge in [0, 0.05) is 24.4 Å². The third kappa shape index (κ3) is 6.17. The number of amides is 1. The van der Waals surface area contributed by atoms with Crippen molar-refractivity contribution in [3.05, 3.63) is 59.9 Å². The topological polar surface area (TPSA) is 88.5 Å². The molecule has 0 spiro atoms. The molecule has 2 rings (SSSR count). The summed E-state index contributed by atoms with van der Waals surface area (Å²) in [5.74, 6) is -0.578.